The fourth-order valence-electron chi connectivity index (χ4n) is 2.36. The summed E-state index contributed by atoms with van der Waals surface area (Å²) in [5, 5.41) is 3.75. The Hall–Kier alpha value is -1.58. The molecule has 0 aliphatic carbocycles. The minimum absolute atomic E-state index is 0.0882. The van der Waals surface area contributed by atoms with E-state index in [1.165, 1.54) is 0 Å². The summed E-state index contributed by atoms with van der Waals surface area (Å²) in [6, 6.07) is 11.5. The monoisotopic (exact) mass is 304 g/mol. The van der Waals surface area contributed by atoms with Gasteiger partial charge >= 0.3 is 0 Å². The van der Waals surface area contributed by atoms with Crippen LogP contribution >= 0.6 is 11.6 Å². The van der Waals surface area contributed by atoms with E-state index in [0.29, 0.717) is 11.6 Å². The number of nitrogens with one attached hydrogen (secondary N) is 1. The molecule has 0 atom stereocenters. The van der Waals surface area contributed by atoms with Gasteiger partial charge < -0.3 is 9.88 Å². The Bertz CT molecular complexity index is 647. The lowest BCUT2D eigenvalue weighted by Crippen LogP contribution is -2.27. The molecular weight excluding hydrogens is 284 g/mol. The van der Waals surface area contributed by atoms with E-state index < -0.39 is 0 Å². The van der Waals surface area contributed by atoms with Crippen LogP contribution in [0, 0.1) is 0 Å². The lowest BCUT2D eigenvalue weighted by atomic mass is 10.1. The average molecular weight is 305 g/mol. The Morgan fingerprint density at radius 1 is 1.14 bits per heavy atom. The van der Waals surface area contributed by atoms with Crippen molar-refractivity contribution in [1.29, 1.82) is 0 Å². The highest BCUT2D eigenvalue weighted by Gasteiger charge is 2.10. The Balaban J connectivity index is 2.51. The molecule has 0 aliphatic heterocycles. The molecule has 4 heteroatoms. The maximum absolute atomic E-state index is 12.6. The number of nitrogens with zero attached hydrogens (tertiary/aromatic N) is 1. The van der Waals surface area contributed by atoms with E-state index in [4.69, 9.17) is 11.6 Å². The highest BCUT2D eigenvalue weighted by molar-refractivity contribution is 6.30. The van der Waals surface area contributed by atoms with Crippen LogP contribution < -0.4 is 10.9 Å². The summed E-state index contributed by atoms with van der Waals surface area (Å²) < 4.78 is 1.87. The van der Waals surface area contributed by atoms with Gasteiger partial charge in [0.05, 0.1) is 5.69 Å². The third kappa shape index (κ3) is 3.74. The van der Waals surface area contributed by atoms with Crippen LogP contribution in [-0.2, 0) is 13.1 Å². The van der Waals surface area contributed by atoms with Gasteiger partial charge in [-0.3, -0.25) is 4.79 Å². The number of hydrogen-bond donors (Lipinski definition) is 1. The highest BCUT2D eigenvalue weighted by Crippen LogP contribution is 2.21. The molecule has 112 valence electrons. The molecule has 0 saturated carbocycles. The fraction of sp³-hybridized carbons (Fsp3) is 0.353. The van der Waals surface area contributed by atoms with Crippen LogP contribution in [-0.4, -0.2) is 11.6 Å². The molecule has 0 unspecified atom stereocenters. The molecule has 0 radical (unpaired) electrons. The average Bonchev–Trinajstić information content (AvgIpc) is 2.49. The van der Waals surface area contributed by atoms with Crippen LogP contribution in [0.5, 0.6) is 0 Å². The number of benzene rings is 1. The molecular formula is C17H21ClN2O. The topological polar surface area (TPSA) is 34.0 Å². The van der Waals surface area contributed by atoms with Crippen molar-refractivity contribution in [2.75, 3.05) is 7.05 Å². The summed E-state index contributed by atoms with van der Waals surface area (Å²) in [6.45, 7) is 3.46. The van der Waals surface area contributed by atoms with E-state index in [-0.39, 0.29) is 5.56 Å². The smallest absolute Gasteiger partial charge is 0.255 e. The van der Waals surface area contributed by atoms with Crippen LogP contribution in [0.15, 0.2) is 41.2 Å². The maximum Gasteiger partial charge on any atom is 0.255 e. The second-order valence-corrected chi connectivity index (χ2v) is 5.53. The van der Waals surface area contributed by atoms with Crippen LogP contribution in [0.4, 0.5) is 0 Å². The standard InChI is InChI=1S/C17H21ClN2O/c1-3-4-11-20-16(13-5-8-15(18)9-6-13)10-7-14(12-19-2)17(20)21/h5-10,19H,3-4,11-12H2,1-2H3. The summed E-state index contributed by atoms with van der Waals surface area (Å²) in [5.74, 6) is 0. The summed E-state index contributed by atoms with van der Waals surface area (Å²) in [4.78, 5) is 12.6. The van der Waals surface area contributed by atoms with E-state index in [9.17, 15) is 4.79 Å². The SMILES string of the molecule is CCCCn1c(-c2ccc(Cl)cc2)ccc(CNC)c1=O. The molecule has 0 amide bonds. The van der Waals surface area contributed by atoms with Gasteiger partial charge in [0.1, 0.15) is 0 Å². The predicted molar refractivity (Wildman–Crippen MR) is 88.8 cm³/mol. The molecule has 1 N–H and O–H groups in total. The molecule has 0 spiro atoms. The first-order chi connectivity index (χ1) is 10.2. The van der Waals surface area contributed by atoms with Gasteiger partial charge in [0, 0.05) is 23.7 Å². The third-order valence-electron chi connectivity index (χ3n) is 3.50. The maximum atomic E-state index is 12.6. The number of pyridine rings is 1. The minimum Gasteiger partial charge on any atom is -0.315 e. The minimum atomic E-state index is 0.0882. The van der Waals surface area contributed by atoms with Crippen molar-refractivity contribution in [3.63, 3.8) is 0 Å². The number of rotatable bonds is 6. The molecule has 1 heterocycles. The second kappa shape index (κ2) is 7.43. The van der Waals surface area contributed by atoms with Gasteiger partial charge in [0.15, 0.2) is 0 Å². The summed E-state index contributed by atoms with van der Waals surface area (Å²) in [5.41, 5.74) is 2.85. The Morgan fingerprint density at radius 3 is 2.48 bits per heavy atom. The molecule has 1 aromatic carbocycles. The molecule has 0 saturated heterocycles. The van der Waals surface area contributed by atoms with E-state index in [0.717, 1.165) is 36.2 Å². The Labute approximate surface area is 130 Å². The highest BCUT2D eigenvalue weighted by atomic mass is 35.5. The molecule has 21 heavy (non-hydrogen) atoms. The van der Waals surface area contributed by atoms with Gasteiger partial charge in [-0.1, -0.05) is 43.1 Å². The van der Waals surface area contributed by atoms with Crippen molar-refractivity contribution in [3.05, 3.63) is 57.3 Å². The molecule has 0 fully saturated rings. The van der Waals surface area contributed by atoms with Gasteiger partial charge in [-0.15, -0.1) is 0 Å². The van der Waals surface area contributed by atoms with Crippen molar-refractivity contribution < 1.29 is 0 Å². The van der Waals surface area contributed by atoms with Gasteiger partial charge in [-0.2, -0.15) is 0 Å². The first-order valence-corrected chi connectivity index (χ1v) is 7.68. The number of aromatic nitrogens is 1. The van der Waals surface area contributed by atoms with Gasteiger partial charge in [0.25, 0.3) is 5.56 Å². The Morgan fingerprint density at radius 2 is 1.86 bits per heavy atom. The van der Waals surface area contributed by atoms with Crippen LogP contribution in [0.2, 0.25) is 5.02 Å². The summed E-state index contributed by atoms with van der Waals surface area (Å²) in [6.07, 6.45) is 2.05. The fourth-order valence-corrected chi connectivity index (χ4v) is 2.49. The Kier molecular flexibility index (Phi) is 5.59. The number of unbranched alkanes of at least 4 members (excludes halogenated alkanes) is 1. The largest absolute Gasteiger partial charge is 0.315 e. The van der Waals surface area contributed by atoms with Crippen molar-refractivity contribution >= 4 is 11.6 Å². The van der Waals surface area contributed by atoms with E-state index in [2.05, 4.69) is 12.2 Å². The quantitative estimate of drug-likeness (QED) is 0.883. The number of halogens is 1. The van der Waals surface area contributed by atoms with Crippen LogP contribution in [0.25, 0.3) is 11.3 Å². The molecule has 0 aliphatic rings. The summed E-state index contributed by atoms with van der Waals surface area (Å²) in [7, 11) is 1.85. The second-order valence-electron chi connectivity index (χ2n) is 5.09. The van der Waals surface area contributed by atoms with Crippen LogP contribution in [0.1, 0.15) is 25.3 Å². The van der Waals surface area contributed by atoms with Gasteiger partial charge in [0.2, 0.25) is 0 Å². The first kappa shape index (κ1) is 15.8. The first-order valence-electron chi connectivity index (χ1n) is 7.30. The molecule has 1 aromatic heterocycles. The van der Waals surface area contributed by atoms with Gasteiger partial charge in [-0.25, -0.2) is 0 Å². The zero-order chi connectivity index (χ0) is 15.2. The zero-order valence-corrected chi connectivity index (χ0v) is 13.3. The van der Waals surface area contributed by atoms with E-state index >= 15 is 0 Å². The van der Waals surface area contributed by atoms with Crippen molar-refractivity contribution in [2.24, 2.45) is 0 Å². The normalized spacial score (nSPS) is 10.8. The summed E-state index contributed by atoms with van der Waals surface area (Å²) >= 11 is 5.94. The van der Waals surface area contributed by atoms with Crippen molar-refractivity contribution in [1.82, 2.24) is 9.88 Å². The lowest BCUT2D eigenvalue weighted by molar-refractivity contribution is 0.610. The molecule has 2 rings (SSSR count). The third-order valence-corrected chi connectivity index (χ3v) is 3.75. The van der Waals surface area contributed by atoms with Gasteiger partial charge in [-0.05, 0) is 37.2 Å². The van der Waals surface area contributed by atoms with E-state index in [1.807, 2.05) is 48.0 Å². The lowest BCUT2D eigenvalue weighted by Gasteiger charge is -2.15. The molecule has 2 aromatic rings. The predicted octanol–water partition coefficient (Wildman–Crippen LogP) is 3.69. The van der Waals surface area contributed by atoms with E-state index in [1.54, 1.807) is 0 Å². The number of hydrogen-bond acceptors (Lipinski definition) is 2. The zero-order valence-electron chi connectivity index (χ0n) is 12.5. The molecule has 3 nitrogen and oxygen atoms in total. The van der Waals surface area contributed by atoms with Crippen molar-refractivity contribution in [2.45, 2.75) is 32.9 Å². The van der Waals surface area contributed by atoms with Crippen LogP contribution in [0.3, 0.4) is 0 Å². The van der Waals surface area contributed by atoms with Crippen molar-refractivity contribution in [3.8, 4) is 11.3 Å². The molecule has 0 bridgehead atoms.